The van der Waals surface area contributed by atoms with Crippen molar-refractivity contribution in [3.63, 3.8) is 0 Å². The molecular weight excluding hydrogens is 486 g/mol. The first-order chi connectivity index (χ1) is 17.1. The molecule has 0 radical (unpaired) electrons. The summed E-state index contributed by atoms with van der Waals surface area (Å²) in [5.41, 5.74) is -0.617. The highest BCUT2D eigenvalue weighted by Crippen LogP contribution is 2.37. The first-order valence-electron chi connectivity index (χ1n) is 11.3. The molecule has 0 unspecified atom stereocenters. The predicted octanol–water partition coefficient (Wildman–Crippen LogP) is 2.61. The van der Waals surface area contributed by atoms with E-state index in [-0.39, 0.29) is 35.8 Å². The molecule has 1 aromatic carbocycles. The number of aromatic nitrogens is 3. The average molecular weight is 514 g/mol. The molecule has 3 aromatic rings. The van der Waals surface area contributed by atoms with Gasteiger partial charge in [-0.2, -0.15) is 5.26 Å². The van der Waals surface area contributed by atoms with Crippen LogP contribution in [0.4, 0.5) is 0 Å². The van der Waals surface area contributed by atoms with Crippen LogP contribution in [0, 0.1) is 17.2 Å². The maximum absolute atomic E-state index is 13.2. The van der Waals surface area contributed by atoms with E-state index in [1.54, 1.807) is 44.2 Å². The lowest BCUT2D eigenvalue weighted by Crippen LogP contribution is -2.44. The van der Waals surface area contributed by atoms with Crippen LogP contribution in [0.3, 0.4) is 0 Å². The zero-order valence-electron chi connectivity index (χ0n) is 20.5. The second kappa shape index (κ2) is 9.66. The van der Waals surface area contributed by atoms with Gasteiger partial charge in [-0.15, -0.1) is 10.2 Å². The molecule has 11 nitrogen and oxygen atoms in total. The molecule has 1 aliphatic heterocycles. The van der Waals surface area contributed by atoms with E-state index < -0.39 is 21.1 Å². The number of rotatable bonds is 9. The molecule has 0 N–H and O–H groups in total. The summed E-state index contributed by atoms with van der Waals surface area (Å²) >= 11 is 0. The van der Waals surface area contributed by atoms with E-state index in [1.807, 2.05) is 0 Å². The van der Waals surface area contributed by atoms with Crippen LogP contribution in [-0.2, 0) is 20.4 Å². The van der Waals surface area contributed by atoms with Crippen molar-refractivity contribution in [1.82, 2.24) is 19.7 Å². The molecule has 1 aliphatic rings. The number of sulfone groups is 1. The number of amides is 1. The Bertz CT molecular complexity index is 1390. The minimum atomic E-state index is -3.79. The molecule has 0 bridgehead atoms. The van der Waals surface area contributed by atoms with Crippen molar-refractivity contribution in [1.29, 1.82) is 5.26 Å². The minimum absolute atomic E-state index is 0.0906. The maximum Gasteiger partial charge on any atom is 0.226 e. The monoisotopic (exact) mass is 513 g/mol. The summed E-state index contributed by atoms with van der Waals surface area (Å²) < 4.78 is 44.6. The minimum Gasteiger partial charge on any atom is -0.494 e. The van der Waals surface area contributed by atoms with Crippen molar-refractivity contribution >= 4 is 15.7 Å². The molecule has 1 saturated heterocycles. The van der Waals surface area contributed by atoms with Crippen LogP contribution in [0.1, 0.15) is 26.1 Å². The second-order valence-electron chi connectivity index (χ2n) is 8.84. The van der Waals surface area contributed by atoms with Crippen molar-refractivity contribution in [3.05, 3.63) is 42.4 Å². The van der Waals surface area contributed by atoms with E-state index in [2.05, 4.69) is 16.3 Å². The van der Waals surface area contributed by atoms with Gasteiger partial charge < -0.3 is 18.8 Å². The number of nitriles is 1. The Kier molecular flexibility index (Phi) is 6.77. The molecule has 2 aromatic heterocycles. The summed E-state index contributed by atoms with van der Waals surface area (Å²) in [7, 11) is -0.802. The van der Waals surface area contributed by atoms with Gasteiger partial charge in [-0.1, -0.05) is 13.0 Å². The molecule has 1 amide bonds. The van der Waals surface area contributed by atoms with Gasteiger partial charge in [0.2, 0.25) is 11.7 Å². The lowest BCUT2D eigenvalue weighted by Gasteiger charge is -2.28. The van der Waals surface area contributed by atoms with Gasteiger partial charge in [0.05, 0.1) is 32.3 Å². The molecular formula is C24H27N5O6S. The number of carbonyl (C=O) groups is 1. The molecule has 0 spiro atoms. The van der Waals surface area contributed by atoms with Gasteiger partial charge in [-0.25, -0.2) is 8.42 Å². The van der Waals surface area contributed by atoms with Crippen LogP contribution in [0.5, 0.6) is 11.5 Å². The second-order valence-corrected chi connectivity index (χ2v) is 11.0. The van der Waals surface area contributed by atoms with Gasteiger partial charge in [0.1, 0.15) is 28.5 Å². The Hall–Kier alpha value is -3.85. The highest BCUT2D eigenvalue weighted by atomic mass is 32.2. The summed E-state index contributed by atoms with van der Waals surface area (Å²) in [6, 6.07) is 10.7. The highest BCUT2D eigenvalue weighted by Gasteiger charge is 2.46. The van der Waals surface area contributed by atoms with E-state index in [4.69, 9.17) is 13.9 Å². The number of benzene rings is 1. The summed E-state index contributed by atoms with van der Waals surface area (Å²) in [6.45, 7) is 3.31. The van der Waals surface area contributed by atoms with Gasteiger partial charge in [-0.05, 0) is 37.6 Å². The van der Waals surface area contributed by atoms with Crippen molar-refractivity contribution in [2.24, 2.45) is 5.92 Å². The fraction of sp³-hybridized carbons (Fsp3) is 0.417. The molecule has 0 aliphatic carbocycles. The number of furan rings is 1. The number of hydrogen-bond acceptors (Lipinski definition) is 9. The molecule has 0 saturated carbocycles. The normalized spacial score (nSPS) is 19.9. The van der Waals surface area contributed by atoms with Gasteiger partial charge in [0.25, 0.3) is 0 Å². The largest absolute Gasteiger partial charge is 0.494 e. The molecule has 4 rings (SSSR count). The lowest BCUT2D eigenvalue weighted by molar-refractivity contribution is -0.132. The van der Waals surface area contributed by atoms with Gasteiger partial charge >= 0.3 is 0 Å². The highest BCUT2D eigenvalue weighted by molar-refractivity contribution is 7.90. The van der Waals surface area contributed by atoms with Gasteiger partial charge in [-0.3, -0.25) is 9.36 Å². The Morgan fingerprint density at radius 2 is 1.89 bits per heavy atom. The van der Waals surface area contributed by atoms with E-state index in [0.717, 1.165) is 0 Å². The Labute approximate surface area is 209 Å². The first-order valence-corrected chi connectivity index (χ1v) is 13.1. The molecule has 3 heterocycles. The van der Waals surface area contributed by atoms with Crippen molar-refractivity contribution in [2.75, 3.05) is 26.5 Å². The summed E-state index contributed by atoms with van der Waals surface area (Å²) in [6.07, 6.45) is 1.83. The van der Waals surface area contributed by atoms with E-state index in [0.29, 0.717) is 29.4 Å². The van der Waals surface area contributed by atoms with Crippen molar-refractivity contribution < 1.29 is 27.1 Å². The number of likely N-dealkylation sites (tertiary alicyclic amines) is 1. The zero-order valence-corrected chi connectivity index (χ0v) is 21.3. The van der Waals surface area contributed by atoms with Crippen LogP contribution >= 0.6 is 0 Å². The quantitative estimate of drug-likeness (QED) is 0.422. The van der Waals surface area contributed by atoms with Crippen LogP contribution in [-0.4, -0.2) is 66.0 Å². The van der Waals surface area contributed by atoms with Crippen LogP contribution in [0.25, 0.3) is 17.3 Å². The summed E-state index contributed by atoms with van der Waals surface area (Å²) in [5, 5.41) is 18.0. The van der Waals surface area contributed by atoms with E-state index in [1.165, 1.54) is 29.9 Å². The number of carbonyl (C=O) groups excluding carboxylic acids is 1. The average Bonchev–Trinajstić information content (AvgIpc) is 3.57. The summed E-state index contributed by atoms with van der Waals surface area (Å²) in [4.78, 5) is 13.9. The van der Waals surface area contributed by atoms with Gasteiger partial charge in [0.15, 0.2) is 21.4 Å². The number of ether oxygens (including phenoxy) is 2. The van der Waals surface area contributed by atoms with Crippen molar-refractivity contribution in [3.8, 4) is 34.8 Å². The predicted molar refractivity (Wildman–Crippen MR) is 129 cm³/mol. The number of hydrogen-bond donors (Lipinski definition) is 0. The van der Waals surface area contributed by atoms with E-state index in [9.17, 15) is 18.5 Å². The third-order valence-electron chi connectivity index (χ3n) is 6.30. The zero-order chi connectivity index (χ0) is 26.1. The van der Waals surface area contributed by atoms with Crippen LogP contribution in [0.2, 0.25) is 0 Å². The smallest absolute Gasteiger partial charge is 0.226 e. The molecule has 190 valence electrons. The third kappa shape index (κ3) is 4.54. The standard InChI is InChI=1S/C24H27N5O6S/c1-16-13-24(2,15-25)28(23(16)30)10-12-36(31,32)14-20-26-27-22(19-9-6-11-35-19)29(20)21-17(33-3)7-5-8-18(21)34-4/h5-9,11,16H,10,12-14H2,1-4H3/t16-,24+/m0/s1. The lowest BCUT2D eigenvalue weighted by atomic mass is 9.97. The fourth-order valence-electron chi connectivity index (χ4n) is 4.53. The molecule has 1 fully saturated rings. The third-order valence-corrected chi connectivity index (χ3v) is 7.80. The maximum atomic E-state index is 13.2. The first kappa shape index (κ1) is 25.2. The van der Waals surface area contributed by atoms with Gasteiger partial charge in [0, 0.05) is 12.5 Å². The van der Waals surface area contributed by atoms with E-state index >= 15 is 0 Å². The SMILES string of the molecule is COc1cccc(OC)c1-n1c(CS(=O)(=O)CCN2C(=O)[C@@H](C)C[C@]2(C)C#N)nnc1-c1ccco1. The molecule has 12 heteroatoms. The number of para-hydroxylation sites is 1. The topological polar surface area (TPSA) is 141 Å². The molecule has 36 heavy (non-hydrogen) atoms. The Morgan fingerprint density at radius 3 is 2.47 bits per heavy atom. The summed E-state index contributed by atoms with van der Waals surface area (Å²) in [5.74, 6) is 0.231. The number of nitrogens with zero attached hydrogens (tertiary/aromatic N) is 5. The van der Waals surface area contributed by atoms with Crippen LogP contribution in [0.15, 0.2) is 41.0 Å². The van der Waals surface area contributed by atoms with Crippen molar-refractivity contribution in [2.45, 2.75) is 31.6 Å². The molecule has 2 atom stereocenters. The Morgan fingerprint density at radius 1 is 1.19 bits per heavy atom. The van der Waals surface area contributed by atoms with Crippen LogP contribution < -0.4 is 9.47 Å². The fourth-order valence-corrected chi connectivity index (χ4v) is 5.71. The Balaban J connectivity index is 1.71. The number of methoxy groups -OCH3 is 2.